The van der Waals surface area contributed by atoms with E-state index >= 15 is 0 Å². The van der Waals surface area contributed by atoms with Gasteiger partial charge in [0.2, 0.25) is 0 Å². The largest absolute Gasteiger partial charge is 0.322 e. The van der Waals surface area contributed by atoms with Gasteiger partial charge in [0.25, 0.3) is 5.56 Å². The van der Waals surface area contributed by atoms with Crippen LogP contribution in [0.2, 0.25) is 15.1 Å². The maximum absolute atomic E-state index is 13.6. The van der Waals surface area contributed by atoms with Crippen LogP contribution in [0.25, 0.3) is 10.9 Å². The first-order valence-corrected chi connectivity index (χ1v) is 12.7. The van der Waals surface area contributed by atoms with Crippen LogP contribution in [0.3, 0.4) is 0 Å². The molecule has 3 aromatic carbocycles. The summed E-state index contributed by atoms with van der Waals surface area (Å²) < 4.78 is 1.59. The number of hydrogen-bond acceptors (Lipinski definition) is 3. The highest BCUT2D eigenvalue weighted by Crippen LogP contribution is 2.30. The van der Waals surface area contributed by atoms with Crippen molar-refractivity contribution >= 4 is 57.4 Å². The quantitative estimate of drug-likeness (QED) is 0.268. The predicted molar refractivity (Wildman–Crippen MR) is 147 cm³/mol. The fourth-order valence-electron chi connectivity index (χ4n) is 4.13. The van der Waals surface area contributed by atoms with E-state index in [2.05, 4.69) is 5.32 Å². The Bertz CT molecular complexity index is 1460. The maximum atomic E-state index is 13.6. The van der Waals surface area contributed by atoms with Gasteiger partial charge in [-0.05, 0) is 56.2 Å². The molecule has 0 fully saturated rings. The number of urea groups is 1. The van der Waals surface area contributed by atoms with E-state index in [9.17, 15) is 9.59 Å². The van der Waals surface area contributed by atoms with Crippen LogP contribution >= 0.6 is 34.8 Å². The number of hydrogen-bond donors (Lipinski definition) is 1. The predicted octanol–water partition coefficient (Wildman–Crippen LogP) is 7.21. The van der Waals surface area contributed by atoms with Crippen molar-refractivity contribution in [2.24, 2.45) is 0 Å². The fourth-order valence-corrected chi connectivity index (χ4v) is 4.64. The molecule has 1 unspecified atom stereocenters. The van der Waals surface area contributed by atoms with E-state index in [1.807, 2.05) is 44.2 Å². The normalized spacial score (nSPS) is 11.9. The topological polar surface area (TPSA) is 67.2 Å². The Balaban J connectivity index is 1.75. The zero-order chi connectivity index (χ0) is 25.8. The lowest BCUT2D eigenvalue weighted by Crippen LogP contribution is -2.41. The zero-order valence-electron chi connectivity index (χ0n) is 19.8. The van der Waals surface area contributed by atoms with Crippen LogP contribution < -0.4 is 10.9 Å². The van der Waals surface area contributed by atoms with Crippen LogP contribution in [-0.2, 0) is 13.0 Å². The Kier molecular flexibility index (Phi) is 8.19. The highest BCUT2D eigenvalue weighted by atomic mass is 35.5. The number of amides is 2. The van der Waals surface area contributed by atoms with Gasteiger partial charge in [-0.1, -0.05) is 71.2 Å². The molecule has 4 rings (SSSR count). The van der Waals surface area contributed by atoms with Crippen molar-refractivity contribution in [1.29, 1.82) is 0 Å². The first kappa shape index (κ1) is 26.0. The van der Waals surface area contributed by atoms with Gasteiger partial charge >= 0.3 is 6.03 Å². The molecule has 0 spiro atoms. The van der Waals surface area contributed by atoms with Crippen molar-refractivity contribution in [3.63, 3.8) is 0 Å². The van der Waals surface area contributed by atoms with Gasteiger partial charge in [0.05, 0.1) is 32.7 Å². The van der Waals surface area contributed by atoms with Crippen LogP contribution in [0, 0.1) is 0 Å². The number of anilines is 1. The maximum Gasteiger partial charge on any atom is 0.322 e. The van der Waals surface area contributed by atoms with Gasteiger partial charge < -0.3 is 10.2 Å². The van der Waals surface area contributed by atoms with Crippen molar-refractivity contribution in [2.75, 3.05) is 11.9 Å². The van der Waals surface area contributed by atoms with Gasteiger partial charge in [0, 0.05) is 18.1 Å². The van der Waals surface area contributed by atoms with E-state index in [4.69, 9.17) is 39.8 Å². The molecule has 1 aromatic heterocycles. The molecule has 0 saturated carbocycles. The average molecular weight is 544 g/mol. The molecule has 0 aliphatic carbocycles. The molecule has 0 radical (unpaired) electrons. The van der Waals surface area contributed by atoms with E-state index in [0.717, 1.165) is 5.56 Å². The van der Waals surface area contributed by atoms with Crippen molar-refractivity contribution in [3.8, 4) is 0 Å². The Labute approximate surface area is 224 Å². The molecular weight excluding hydrogens is 519 g/mol. The summed E-state index contributed by atoms with van der Waals surface area (Å²) in [5.74, 6) is 0.470. The third kappa shape index (κ3) is 5.51. The number of benzene rings is 3. The smallest absolute Gasteiger partial charge is 0.314 e. The molecule has 4 aromatic rings. The molecule has 0 bridgehead atoms. The summed E-state index contributed by atoms with van der Waals surface area (Å²) in [7, 11) is 0. The van der Waals surface area contributed by atoms with Gasteiger partial charge in [0.1, 0.15) is 5.82 Å². The Morgan fingerprint density at radius 2 is 1.81 bits per heavy atom. The Hall–Kier alpha value is -3.06. The summed E-state index contributed by atoms with van der Waals surface area (Å²) in [6.07, 6.45) is 0.609. The highest BCUT2D eigenvalue weighted by molar-refractivity contribution is 6.44. The number of nitrogens with one attached hydrogen (secondary N) is 1. The zero-order valence-corrected chi connectivity index (χ0v) is 22.1. The van der Waals surface area contributed by atoms with Crippen LogP contribution in [0.4, 0.5) is 10.5 Å². The van der Waals surface area contributed by atoms with E-state index in [1.165, 1.54) is 0 Å². The second kappa shape index (κ2) is 11.3. The third-order valence-corrected chi connectivity index (χ3v) is 7.10. The summed E-state index contributed by atoms with van der Waals surface area (Å²) in [4.78, 5) is 33.3. The molecule has 186 valence electrons. The minimum absolute atomic E-state index is 0.178. The molecule has 0 aliphatic heterocycles. The van der Waals surface area contributed by atoms with Gasteiger partial charge in [0.15, 0.2) is 0 Å². The number of rotatable bonds is 7. The number of fused-ring (bicyclic) bond motifs is 1. The van der Waals surface area contributed by atoms with E-state index in [-0.39, 0.29) is 16.6 Å². The lowest BCUT2D eigenvalue weighted by atomic mass is 10.1. The average Bonchev–Trinajstić information content (AvgIpc) is 2.87. The van der Waals surface area contributed by atoms with Crippen molar-refractivity contribution < 1.29 is 4.79 Å². The van der Waals surface area contributed by atoms with E-state index in [1.54, 1.807) is 45.9 Å². The molecule has 1 heterocycles. The molecule has 1 N–H and O–H groups in total. The SMILES string of the molecule is CCn1c(C(C)N(CCc2ccccc2)C(=O)Nc2cccc(Cl)c2Cl)nc2cc(Cl)ccc2c1=O. The van der Waals surface area contributed by atoms with Gasteiger partial charge in [-0.25, -0.2) is 9.78 Å². The summed E-state index contributed by atoms with van der Waals surface area (Å²) in [6.45, 7) is 4.51. The van der Waals surface area contributed by atoms with Crippen molar-refractivity contribution in [1.82, 2.24) is 14.5 Å². The summed E-state index contributed by atoms with van der Waals surface area (Å²) in [6, 6.07) is 19.0. The number of carbonyl (C=O) groups is 1. The summed E-state index contributed by atoms with van der Waals surface area (Å²) in [5, 5.41) is 4.42. The fraction of sp³-hybridized carbons (Fsp3) is 0.222. The number of halogens is 3. The Morgan fingerprint density at radius 3 is 2.53 bits per heavy atom. The van der Waals surface area contributed by atoms with Crippen molar-refractivity contribution in [3.05, 3.63) is 104 Å². The lowest BCUT2D eigenvalue weighted by molar-refractivity contribution is 0.189. The van der Waals surface area contributed by atoms with Gasteiger partial charge in [-0.3, -0.25) is 9.36 Å². The first-order valence-electron chi connectivity index (χ1n) is 11.6. The number of carbonyl (C=O) groups excluding carboxylic acids is 1. The number of aromatic nitrogens is 2. The molecule has 0 aliphatic rings. The monoisotopic (exact) mass is 542 g/mol. The minimum Gasteiger partial charge on any atom is -0.314 e. The highest BCUT2D eigenvalue weighted by Gasteiger charge is 2.26. The molecule has 9 heteroatoms. The van der Waals surface area contributed by atoms with Crippen LogP contribution in [0.1, 0.15) is 31.3 Å². The van der Waals surface area contributed by atoms with Gasteiger partial charge in [-0.15, -0.1) is 0 Å². The molecule has 2 amide bonds. The molecule has 1 atom stereocenters. The third-order valence-electron chi connectivity index (χ3n) is 6.04. The molecule has 6 nitrogen and oxygen atoms in total. The second-order valence-electron chi connectivity index (χ2n) is 8.32. The van der Waals surface area contributed by atoms with E-state index in [0.29, 0.717) is 52.0 Å². The van der Waals surface area contributed by atoms with Gasteiger partial charge in [-0.2, -0.15) is 0 Å². The van der Waals surface area contributed by atoms with Crippen LogP contribution in [0.15, 0.2) is 71.5 Å². The lowest BCUT2D eigenvalue weighted by Gasteiger charge is -2.31. The standard InChI is InChI=1S/C27H25Cl3N4O2/c1-3-33-25(31-23-16-19(28)12-13-20(23)26(33)35)17(2)34(15-14-18-8-5-4-6-9-18)27(36)32-22-11-7-10-21(29)24(22)30/h4-13,16-17H,3,14-15H2,1-2H3,(H,32,36). The second-order valence-corrected chi connectivity index (χ2v) is 9.54. The minimum atomic E-state index is -0.539. The van der Waals surface area contributed by atoms with Crippen LogP contribution in [0.5, 0.6) is 0 Å². The summed E-state index contributed by atoms with van der Waals surface area (Å²) in [5.41, 5.74) is 1.79. The molecule has 0 saturated heterocycles. The van der Waals surface area contributed by atoms with Crippen molar-refractivity contribution in [2.45, 2.75) is 32.9 Å². The first-order chi connectivity index (χ1) is 17.3. The van der Waals surface area contributed by atoms with Crippen LogP contribution in [-0.4, -0.2) is 27.0 Å². The Morgan fingerprint density at radius 1 is 1.06 bits per heavy atom. The molecule has 36 heavy (non-hydrogen) atoms. The molecular formula is C27H25Cl3N4O2. The summed E-state index contributed by atoms with van der Waals surface area (Å²) >= 11 is 18.6. The van der Waals surface area contributed by atoms with E-state index < -0.39 is 6.04 Å². The number of nitrogens with zero attached hydrogens (tertiary/aromatic N) is 3.